The molecule has 1 saturated heterocycles. The lowest BCUT2D eigenvalue weighted by molar-refractivity contribution is -0.135. The summed E-state index contributed by atoms with van der Waals surface area (Å²) in [6, 6.07) is 5.75. The third-order valence-electron chi connectivity index (χ3n) is 3.74. The van der Waals surface area contributed by atoms with Crippen molar-refractivity contribution in [1.29, 1.82) is 0 Å². The van der Waals surface area contributed by atoms with E-state index in [1.165, 1.54) is 23.1 Å². The van der Waals surface area contributed by atoms with Crippen LogP contribution in [-0.2, 0) is 9.53 Å². The molecule has 1 aromatic carbocycles. The third kappa shape index (κ3) is 5.07. The molecule has 0 aliphatic carbocycles. The highest BCUT2D eigenvalue weighted by Gasteiger charge is 2.21. The molecule has 25 heavy (non-hydrogen) atoms. The molecule has 9 heteroatoms. The number of thioether (sulfide) groups is 1. The number of rotatable bonds is 5. The van der Waals surface area contributed by atoms with Crippen LogP contribution in [0.25, 0.3) is 0 Å². The average Bonchev–Trinajstić information content (AvgIpc) is 3.03. The van der Waals surface area contributed by atoms with Crippen LogP contribution < -0.4 is 5.32 Å². The van der Waals surface area contributed by atoms with Crippen molar-refractivity contribution in [2.24, 2.45) is 0 Å². The molecular weight excluding hydrogens is 380 g/mol. The Balaban J connectivity index is 1.53. The van der Waals surface area contributed by atoms with Crippen molar-refractivity contribution >= 4 is 51.4 Å². The molecule has 2 heterocycles. The van der Waals surface area contributed by atoms with Gasteiger partial charge in [0, 0.05) is 23.8 Å². The molecule has 1 fully saturated rings. The van der Waals surface area contributed by atoms with Gasteiger partial charge in [0.1, 0.15) is 0 Å². The van der Waals surface area contributed by atoms with E-state index in [2.05, 4.69) is 15.5 Å². The number of morpholine rings is 1. The molecule has 1 aliphatic heterocycles. The second-order valence-electron chi connectivity index (χ2n) is 5.77. The van der Waals surface area contributed by atoms with E-state index in [9.17, 15) is 4.79 Å². The first-order chi connectivity index (χ1) is 12.0. The predicted molar refractivity (Wildman–Crippen MR) is 102 cm³/mol. The van der Waals surface area contributed by atoms with Gasteiger partial charge in [0.25, 0.3) is 0 Å². The van der Waals surface area contributed by atoms with Gasteiger partial charge in [-0.05, 0) is 31.5 Å². The zero-order valence-electron chi connectivity index (χ0n) is 14.0. The molecule has 134 valence electrons. The van der Waals surface area contributed by atoms with Crippen LogP contribution in [0.1, 0.15) is 12.5 Å². The number of amides is 1. The Hall–Kier alpha value is -1.35. The second kappa shape index (κ2) is 8.35. The summed E-state index contributed by atoms with van der Waals surface area (Å²) in [6.45, 7) is 5.84. The number of nitrogens with zero attached hydrogens (tertiary/aromatic N) is 3. The van der Waals surface area contributed by atoms with E-state index in [0.29, 0.717) is 35.6 Å². The Kier molecular flexibility index (Phi) is 6.16. The number of carbonyl (C=O) groups is 1. The highest BCUT2D eigenvalue weighted by Crippen LogP contribution is 2.29. The van der Waals surface area contributed by atoms with E-state index >= 15 is 0 Å². The normalized spacial score (nSPS) is 17.6. The maximum atomic E-state index is 12.3. The molecule has 1 aliphatic rings. The molecule has 1 N–H and O–H groups in total. The van der Waals surface area contributed by atoms with E-state index in [1.807, 2.05) is 36.9 Å². The van der Waals surface area contributed by atoms with Gasteiger partial charge in [-0.2, -0.15) is 0 Å². The maximum absolute atomic E-state index is 12.3. The van der Waals surface area contributed by atoms with Crippen LogP contribution in [0.5, 0.6) is 0 Å². The zero-order valence-corrected chi connectivity index (χ0v) is 16.4. The fourth-order valence-electron chi connectivity index (χ4n) is 2.37. The first kappa shape index (κ1) is 18.4. The number of anilines is 2. The summed E-state index contributed by atoms with van der Waals surface area (Å²) in [5.41, 5.74) is 1.89. The molecule has 1 aromatic heterocycles. The van der Waals surface area contributed by atoms with Gasteiger partial charge in [-0.15, -0.1) is 10.2 Å². The molecule has 1 unspecified atom stereocenters. The Bertz CT molecular complexity index is 755. The Morgan fingerprint density at radius 2 is 2.36 bits per heavy atom. The number of nitrogens with one attached hydrogen (secondary N) is 1. The highest BCUT2D eigenvalue weighted by molar-refractivity contribution is 8.01. The van der Waals surface area contributed by atoms with Gasteiger partial charge in [0.2, 0.25) is 11.0 Å². The molecule has 1 amide bonds. The SMILES string of the molecule is Cc1ccc(Nc2nnc(SCC(=O)N3CCOC(C)C3)s2)cc1Cl. The molecule has 1 atom stereocenters. The maximum Gasteiger partial charge on any atom is 0.233 e. The highest BCUT2D eigenvalue weighted by atomic mass is 35.5. The predicted octanol–water partition coefficient (Wildman–Crippen LogP) is 3.58. The quantitative estimate of drug-likeness (QED) is 0.776. The number of aromatic nitrogens is 2. The lowest BCUT2D eigenvalue weighted by Crippen LogP contribution is -2.45. The molecule has 0 radical (unpaired) electrons. The van der Waals surface area contributed by atoms with Crippen molar-refractivity contribution in [3.8, 4) is 0 Å². The van der Waals surface area contributed by atoms with Crippen LogP contribution in [0.15, 0.2) is 22.5 Å². The van der Waals surface area contributed by atoms with Crippen LogP contribution in [-0.4, -0.2) is 52.6 Å². The number of benzene rings is 1. The van der Waals surface area contributed by atoms with Gasteiger partial charge in [-0.25, -0.2) is 0 Å². The molecule has 2 aromatic rings. The number of aryl methyl sites for hydroxylation is 1. The van der Waals surface area contributed by atoms with Crippen molar-refractivity contribution in [2.45, 2.75) is 24.3 Å². The fourth-order valence-corrected chi connectivity index (χ4v) is 4.23. The minimum atomic E-state index is 0.0985. The third-order valence-corrected chi connectivity index (χ3v) is 6.11. The van der Waals surface area contributed by atoms with Gasteiger partial charge < -0.3 is 15.0 Å². The smallest absolute Gasteiger partial charge is 0.233 e. The number of carbonyl (C=O) groups excluding carboxylic acids is 1. The molecule has 3 rings (SSSR count). The minimum absolute atomic E-state index is 0.0985. The lowest BCUT2D eigenvalue weighted by atomic mass is 10.2. The molecule has 0 saturated carbocycles. The van der Waals surface area contributed by atoms with E-state index < -0.39 is 0 Å². The van der Waals surface area contributed by atoms with Gasteiger partial charge in [0.05, 0.1) is 18.5 Å². The Morgan fingerprint density at radius 1 is 1.52 bits per heavy atom. The molecule has 0 spiro atoms. The summed E-state index contributed by atoms with van der Waals surface area (Å²) in [7, 11) is 0. The Morgan fingerprint density at radius 3 is 3.12 bits per heavy atom. The van der Waals surface area contributed by atoms with Crippen molar-refractivity contribution < 1.29 is 9.53 Å². The topological polar surface area (TPSA) is 67.4 Å². The summed E-state index contributed by atoms with van der Waals surface area (Å²) < 4.78 is 6.22. The number of hydrogen-bond donors (Lipinski definition) is 1. The van der Waals surface area contributed by atoms with Gasteiger partial charge >= 0.3 is 0 Å². The van der Waals surface area contributed by atoms with E-state index in [0.717, 1.165) is 15.6 Å². The van der Waals surface area contributed by atoms with Crippen LogP contribution in [0.2, 0.25) is 5.02 Å². The van der Waals surface area contributed by atoms with Gasteiger partial charge in [-0.3, -0.25) is 4.79 Å². The first-order valence-corrected chi connectivity index (χ1v) is 10.1. The van der Waals surface area contributed by atoms with Gasteiger partial charge in [0.15, 0.2) is 4.34 Å². The summed E-state index contributed by atoms with van der Waals surface area (Å²) in [6.07, 6.45) is 0.0985. The lowest BCUT2D eigenvalue weighted by Gasteiger charge is -2.31. The van der Waals surface area contributed by atoms with Crippen LogP contribution in [0.4, 0.5) is 10.8 Å². The number of halogens is 1. The fraction of sp³-hybridized carbons (Fsp3) is 0.438. The van der Waals surface area contributed by atoms with Crippen molar-refractivity contribution in [3.05, 3.63) is 28.8 Å². The monoisotopic (exact) mass is 398 g/mol. The second-order valence-corrected chi connectivity index (χ2v) is 8.38. The summed E-state index contributed by atoms with van der Waals surface area (Å²) in [4.78, 5) is 14.1. The first-order valence-electron chi connectivity index (χ1n) is 7.90. The zero-order chi connectivity index (χ0) is 17.8. The van der Waals surface area contributed by atoms with Crippen molar-refractivity contribution in [2.75, 3.05) is 30.8 Å². The molecule has 0 bridgehead atoms. The number of hydrogen-bond acceptors (Lipinski definition) is 7. The van der Waals surface area contributed by atoms with Crippen molar-refractivity contribution in [3.63, 3.8) is 0 Å². The summed E-state index contributed by atoms with van der Waals surface area (Å²) in [5.74, 6) is 0.465. The largest absolute Gasteiger partial charge is 0.375 e. The standard InChI is InChI=1S/C16H19ClN4O2S2/c1-10-3-4-12(7-13(10)17)18-15-19-20-16(25-15)24-9-14(22)21-5-6-23-11(2)8-21/h3-4,7,11H,5-6,8-9H2,1-2H3,(H,18,19). The molecular formula is C16H19ClN4O2S2. The van der Waals surface area contributed by atoms with Crippen LogP contribution in [0, 0.1) is 6.92 Å². The summed E-state index contributed by atoms with van der Waals surface area (Å²) in [5, 5.41) is 12.8. The van der Waals surface area contributed by atoms with Crippen molar-refractivity contribution in [1.82, 2.24) is 15.1 Å². The number of ether oxygens (including phenoxy) is 1. The van der Waals surface area contributed by atoms with Crippen LogP contribution in [0.3, 0.4) is 0 Å². The van der Waals surface area contributed by atoms with Gasteiger partial charge in [-0.1, -0.05) is 40.8 Å². The Labute approximate surface area is 159 Å². The van der Waals surface area contributed by atoms with E-state index in [1.54, 1.807) is 0 Å². The van der Waals surface area contributed by atoms with E-state index in [-0.39, 0.29) is 12.0 Å². The summed E-state index contributed by atoms with van der Waals surface area (Å²) >= 11 is 8.95. The molecule has 6 nitrogen and oxygen atoms in total. The van der Waals surface area contributed by atoms with E-state index in [4.69, 9.17) is 16.3 Å². The van der Waals surface area contributed by atoms with Crippen LogP contribution >= 0.6 is 34.7 Å². The average molecular weight is 399 g/mol. The minimum Gasteiger partial charge on any atom is -0.375 e.